The van der Waals surface area contributed by atoms with E-state index in [0.717, 1.165) is 11.3 Å². The molecule has 17 heavy (non-hydrogen) atoms. The number of hydrogen-bond donors (Lipinski definition) is 1. The highest BCUT2D eigenvalue weighted by molar-refractivity contribution is 6.30. The third kappa shape index (κ3) is 4.65. The first-order valence-corrected chi connectivity index (χ1v) is 6.06. The molecule has 3 nitrogen and oxygen atoms in total. The number of halogens is 1. The van der Waals surface area contributed by atoms with Gasteiger partial charge in [0.15, 0.2) is 0 Å². The third-order valence-electron chi connectivity index (χ3n) is 2.35. The summed E-state index contributed by atoms with van der Waals surface area (Å²) in [6, 6.07) is 6.01. The van der Waals surface area contributed by atoms with Gasteiger partial charge in [0.05, 0.1) is 6.54 Å². The molecule has 0 aliphatic heterocycles. The molecule has 1 aromatic rings. The SMILES string of the molecule is Cc1ccc(OCCNC(=O)C(C)Cl)c(C)c1. The number of ether oxygens (including phenoxy) is 1. The number of nitrogens with one attached hydrogen (secondary N) is 1. The fourth-order valence-corrected chi connectivity index (χ4v) is 1.51. The Labute approximate surface area is 107 Å². The van der Waals surface area contributed by atoms with E-state index < -0.39 is 5.38 Å². The Hall–Kier alpha value is -1.22. The van der Waals surface area contributed by atoms with Crippen LogP contribution in [0.4, 0.5) is 0 Å². The quantitative estimate of drug-likeness (QED) is 0.648. The third-order valence-corrected chi connectivity index (χ3v) is 2.55. The summed E-state index contributed by atoms with van der Waals surface area (Å²) < 4.78 is 5.56. The number of alkyl halides is 1. The standard InChI is InChI=1S/C13H18ClNO2/c1-9-4-5-12(10(2)8-9)17-7-6-15-13(16)11(3)14/h4-5,8,11H,6-7H2,1-3H3,(H,15,16). The molecule has 1 aromatic carbocycles. The number of carbonyl (C=O) groups is 1. The highest BCUT2D eigenvalue weighted by atomic mass is 35.5. The molecule has 94 valence electrons. The summed E-state index contributed by atoms with van der Waals surface area (Å²) in [5.74, 6) is 0.680. The molecule has 0 radical (unpaired) electrons. The Morgan fingerprint density at radius 3 is 2.76 bits per heavy atom. The zero-order valence-corrected chi connectivity index (χ0v) is 11.2. The van der Waals surface area contributed by atoms with Crippen LogP contribution in [0.5, 0.6) is 5.75 Å². The lowest BCUT2D eigenvalue weighted by Gasteiger charge is -2.11. The second-order valence-electron chi connectivity index (χ2n) is 4.02. The van der Waals surface area contributed by atoms with Crippen molar-refractivity contribution in [1.82, 2.24) is 5.32 Å². The number of aryl methyl sites for hydroxylation is 2. The lowest BCUT2D eigenvalue weighted by atomic mass is 10.1. The van der Waals surface area contributed by atoms with Crippen molar-refractivity contribution in [2.24, 2.45) is 0 Å². The van der Waals surface area contributed by atoms with E-state index in [2.05, 4.69) is 11.4 Å². The Morgan fingerprint density at radius 1 is 1.47 bits per heavy atom. The van der Waals surface area contributed by atoms with Gasteiger partial charge in [0.1, 0.15) is 17.7 Å². The van der Waals surface area contributed by atoms with E-state index in [0.29, 0.717) is 13.2 Å². The number of amides is 1. The van der Waals surface area contributed by atoms with Crippen LogP contribution >= 0.6 is 11.6 Å². The molecule has 0 saturated heterocycles. The van der Waals surface area contributed by atoms with Crippen LogP contribution in [0.2, 0.25) is 0 Å². The maximum absolute atomic E-state index is 11.2. The summed E-state index contributed by atoms with van der Waals surface area (Å²) in [5, 5.41) is 2.18. The predicted molar refractivity (Wildman–Crippen MR) is 69.7 cm³/mol. The van der Waals surface area contributed by atoms with E-state index in [-0.39, 0.29) is 5.91 Å². The highest BCUT2D eigenvalue weighted by Crippen LogP contribution is 2.18. The summed E-state index contributed by atoms with van der Waals surface area (Å²) in [5.41, 5.74) is 2.31. The van der Waals surface area contributed by atoms with Gasteiger partial charge in [-0.2, -0.15) is 0 Å². The number of carbonyl (C=O) groups excluding carboxylic acids is 1. The van der Waals surface area contributed by atoms with Gasteiger partial charge in [-0.15, -0.1) is 11.6 Å². The zero-order valence-electron chi connectivity index (χ0n) is 10.4. The second kappa shape index (κ2) is 6.50. The van der Waals surface area contributed by atoms with Crippen molar-refractivity contribution in [3.8, 4) is 5.75 Å². The van der Waals surface area contributed by atoms with Crippen molar-refractivity contribution < 1.29 is 9.53 Å². The molecule has 4 heteroatoms. The number of rotatable bonds is 5. The fourth-order valence-electron chi connectivity index (χ4n) is 1.44. The molecule has 1 N–H and O–H groups in total. The van der Waals surface area contributed by atoms with Crippen LogP contribution in [0.15, 0.2) is 18.2 Å². The Kier molecular flexibility index (Phi) is 5.29. The van der Waals surface area contributed by atoms with Crippen LogP contribution in [0.1, 0.15) is 18.1 Å². The molecule has 0 spiro atoms. The van der Waals surface area contributed by atoms with Gasteiger partial charge in [0, 0.05) is 0 Å². The van der Waals surface area contributed by atoms with E-state index in [9.17, 15) is 4.79 Å². The van der Waals surface area contributed by atoms with E-state index in [1.54, 1.807) is 6.92 Å². The van der Waals surface area contributed by atoms with Crippen molar-refractivity contribution in [3.05, 3.63) is 29.3 Å². The first kappa shape index (κ1) is 13.8. The topological polar surface area (TPSA) is 38.3 Å². The van der Waals surface area contributed by atoms with Crippen LogP contribution in [-0.4, -0.2) is 24.4 Å². The Morgan fingerprint density at radius 2 is 2.18 bits per heavy atom. The molecular formula is C13H18ClNO2. The molecule has 0 heterocycles. The van der Waals surface area contributed by atoms with Crippen molar-refractivity contribution in [1.29, 1.82) is 0 Å². The molecule has 0 aliphatic carbocycles. The molecule has 0 fully saturated rings. The predicted octanol–water partition coefficient (Wildman–Crippen LogP) is 2.43. The van der Waals surface area contributed by atoms with E-state index in [1.165, 1.54) is 5.56 Å². The smallest absolute Gasteiger partial charge is 0.237 e. The van der Waals surface area contributed by atoms with Crippen molar-refractivity contribution in [2.45, 2.75) is 26.1 Å². The zero-order chi connectivity index (χ0) is 12.8. The lowest BCUT2D eigenvalue weighted by molar-refractivity contribution is -0.120. The van der Waals surface area contributed by atoms with Crippen LogP contribution in [0.3, 0.4) is 0 Å². The van der Waals surface area contributed by atoms with Gasteiger partial charge in [-0.05, 0) is 32.4 Å². The lowest BCUT2D eigenvalue weighted by Crippen LogP contribution is -2.32. The maximum Gasteiger partial charge on any atom is 0.237 e. The normalized spacial score (nSPS) is 12.0. The molecule has 1 atom stereocenters. The summed E-state index contributed by atoms with van der Waals surface area (Å²) in [4.78, 5) is 11.2. The largest absolute Gasteiger partial charge is 0.491 e. The minimum atomic E-state index is -0.504. The maximum atomic E-state index is 11.2. The van der Waals surface area contributed by atoms with Gasteiger partial charge in [-0.25, -0.2) is 0 Å². The molecule has 1 rings (SSSR count). The van der Waals surface area contributed by atoms with Crippen molar-refractivity contribution in [3.63, 3.8) is 0 Å². The number of benzene rings is 1. The van der Waals surface area contributed by atoms with Gasteiger partial charge in [-0.3, -0.25) is 4.79 Å². The molecule has 1 amide bonds. The van der Waals surface area contributed by atoms with Gasteiger partial charge in [0.2, 0.25) is 5.91 Å². The van der Waals surface area contributed by atoms with Crippen LogP contribution in [0.25, 0.3) is 0 Å². The Balaban J connectivity index is 2.34. The summed E-state index contributed by atoms with van der Waals surface area (Å²) >= 11 is 5.61. The minimum absolute atomic E-state index is 0.170. The van der Waals surface area contributed by atoms with Crippen LogP contribution < -0.4 is 10.1 Å². The van der Waals surface area contributed by atoms with E-state index in [4.69, 9.17) is 16.3 Å². The summed E-state index contributed by atoms with van der Waals surface area (Å²) in [7, 11) is 0. The van der Waals surface area contributed by atoms with Crippen molar-refractivity contribution >= 4 is 17.5 Å². The highest BCUT2D eigenvalue weighted by Gasteiger charge is 2.07. The molecule has 0 bridgehead atoms. The van der Waals surface area contributed by atoms with Crippen molar-refractivity contribution in [2.75, 3.05) is 13.2 Å². The summed E-state index contributed by atoms with van der Waals surface area (Å²) in [6.07, 6.45) is 0. The van der Waals surface area contributed by atoms with E-state index in [1.807, 2.05) is 26.0 Å². The molecule has 0 aromatic heterocycles. The summed E-state index contributed by atoms with van der Waals surface area (Å²) in [6.45, 7) is 6.59. The van der Waals surface area contributed by atoms with Gasteiger partial charge in [0.25, 0.3) is 0 Å². The van der Waals surface area contributed by atoms with Crippen LogP contribution in [-0.2, 0) is 4.79 Å². The molecule has 0 saturated carbocycles. The van der Waals surface area contributed by atoms with Crippen LogP contribution in [0, 0.1) is 13.8 Å². The van der Waals surface area contributed by atoms with E-state index >= 15 is 0 Å². The average molecular weight is 256 g/mol. The first-order valence-electron chi connectivity index (χ1n) is 5.62. The molecular weight excluding hydrogens is 238 g/mol. The average Bonchev–Trinajstić information content (AvgIpc) is 2.26. The minimum Gasteiger partial charge on any atom is -0.491 e. The first-order chi connectivity index (χ1) is 8.00. The Bertz CT molecular complexity index is 391. The number of hydrogen-bond acceptors (Lipinski definition) is 2. The van der Waals surface area contributed by atoms with Gasteiger partial charge >= 0.3 is 0 Å². The molecule has 1 unspecified atom stereocenters. The van der Waals surface area contributed by atoms with Gasteiger partial charge < -0.3 is 10.1 Å². The second-order valence-corrected chi connectivity index (χ2v) is 4.68. The van der Waals surface area contributed by atoms with Gasteiger partial charge in [-0.1, -0.05) is 17.7 Å². The monoisotopic (exact) mass is 255 g/mol. The molecule has 0 aliphatic rings. The fraction of sp³-hybridized carbons (Fsp3) is 0.462.